The molecule has 5 rings (SSSR count). The smallest absolute Gasteiger partial charge is 0.408 e. The number of carbonyl (C=O) groups is 4. The molecule has 2 aliphatic rings. The van der Waals surface area contributed by atoms with Crippen LogP contribution in [0.15, 0.2) is 72.8 Å². The monoisotopic (exact) mass is 625 g/mol. The zero-order chi connectivity index (χ0) is 33.1. The molecule has 2 fully saturated rings. The first kappa shape index (κ1) is 34.0. The molecule has 1 heterocycles. The summed E-state index contributed by atoms with van der Waals surface area (Å²) in [6, 6.07) is 22.7. The number of nitriles is 1. The van der Waals surface area contributed by atoms with E-state index in [1.807, 2.05) is 92.7 Å². The Labute approximate surface area is 270 Å². The second-order valence-electron chi connectivity index (χ2n) is 12.8. The van der Waals surface area contributed by atoms with Gasteiger partial charge in [-0.15, -0.1) is 0 Å². The number of hydrogen-bond acceptors (Lipinski definition) is 6. The van der Waals surface area contributed by atoms with E-state index in [1.54, 1.807) is 0 Å². The van der Waals surface area contributed by atoms with Crippen molar-refractivity contribution in [1.82, 2.24) is 21.3 Å². The SMILES string of the molecule is CC1(C)CC(CC(C#N)NC(=O)CNC(=O)C(Cc2cccc3ccccc23)NC(=O)OCc2ccccc2)C(=O)N1.CC1CC1. The summed E-state index contributed by atoms with van der Waals surface area (Å²) < 4.78 is 5.34. The largest absolute Gasteiger partial charge is 0.445 e. The molecule has 0 aromatic heterocycles. The average Bonchev–Trinajstić information content (AvgIpc) is 3.78. The van der Waals surface area contributed by atoms with Crippen LogP contribution in [-0.4, -0.2) is 48.0 Å². The van der Waals surface area contributed by atoms with Gasteiger partial charge in [0.25, 0.3) is 0 Å². The molecule has 4 N–H and O–H groups in total. The van der Waals surface area contributed by atoms with Crippen LogP contribution >= 0.6 is 0 Å². The molecule has 3 unspecified atom stereocenters. The maximum Gasteiger partial charge on any atom is 0.408 e. The number of nitrogens with zero attached hydrogens (tertiary/aromatic N) is 1. The molecule has 0 spiro atoms. The summed E-state index contributed by atoms with van der Waals surface area (Å²) in [5.41, 5.74) is 1.27. The van der Waals surface area contributed by atoms with E-state index in [2.05, 4.69) is 28.2 Å². The van der Waals surface area contributed by atoms with Gasteiger partial charge in [-0.2, -0.15) is 5.26 Å². The van der Waals surface area contributed by atoms with E-state index in [4.69, 9.17) is 4.74 Å². The van der Waals surface area contributed by atoms with Gasteiger partial charge < -0.3 is 26.0 Å². The number of benzene rings is 3. The lowest BCUT2D eigenvalue weighted by Crippen LogP contribution is -2.51. The second-order valence-corrected chi connectivity index (χ2v) is 12.8. The normalized spacial score (nSPS) is 17.7. The number of fused-ring (bicyclic) bond motifs is 1. The van der Waals surface area contributed by atoms with Gasteiger partial charge in [-0.25, -0.2) is 4.79 Å². The Hall–Kier alpha value is -4.91. The number of alkyl carbamates (subject to hydrolysis) is 1. The van der Waals surface area contributed by atoms with Crippen molar-refractivity contribution in [2.75, 3.05) is 6.54 Å². The number of amides is 4. The Balaban J connectivity index is 0.00000111. The van der Waals surface area contributed by atoms with Crippen LogP contribution in [0.5, 0.6) is 0 Å². The van der Waals surface area contributed by atoms with E-state index in [0.717, 1.165) is 27.8 Å². The van der Waals surface area contributed by atoms with Gasteiger partial charge in [0.15, 0.2) is 0 Å². The predicted molar refractivity (Wildman–Crippen MR) is 175 cm³/mol. The van der Waals surface area contributed by atoms with Crippen molar-refractivity contribution in [2.45, 2.75) is 77.1 Å². The van der Waals surface area contributed by atoms with Crippen molar-refractivity contribution >= 4 is 34.6 Å². The Morgan fingerprint density at radius 2 is 1.67 bits per heavy atom. The van der Waals surface area contributed by atoms with Crippen LogP contribution in [0.3, 0.4) is 0 Å². The summed E-state index contributed by atoms with van der Waals surface area (Å²) in [5, 5.41) is 22.1. The van der Waals surface area contributed by atoms with Crippen molar-refractivity contribution < 1.29 is 23.9 Å². The summed E-state index contributed by atoms with van der Waals surface area (Å²) in [4.78, 5) is 50.8. The van der Waals surface area contributed by atoms with Crippen LogP contribution in [0.25, 0.3) is 10.8 Å². The molecule has 4 amide bonds. The van der Waals surface area contributed by atoms with Gasteiger partial charge in [0.2, 0.25) is 17.7 Å². The number of nitrogens with one attached hydrogen (secondary N) is 4. The third kappa shape index (κ3) is 10.6. The lowest BCUT2D eigenvalue weighted by atomic mass is 9.92. The molecule has 3 aromatic rings. The summed E-state index contributed by atoms with van der Waals surface area (Å²) in [5.74, 6) is -0.622. The Morgan fingerprint density at radius 1 is 1.00 bits per heavy atom. The molecule has 242 valence electrons. The summed E-state index contributed by atoms with van der Waals surface area (Å²) in [6.07, 6.45) is 3.08. The first-order valence-corrected chi connectivity index (χ1v) is 15.8. The fourth-order valence-electron chi connectivity index (χ4n) is 5.32. The quantitative estimate of drug-likeness (QED) is 0.246. The first-order chi connectivity index (χ1) is 22.0. The standard InChI is InChI=1S/C32H35N5O5.C4H8/c1-32(2)17-24(29(39)37-32)15-25(18-33)35-28(38)19-34-30(40)27(36-31(41)42-20-21-9-4-3-5-10-21)16-23-13-8-12-22-11-6-7-14-26(22)23;1-4-2-3-4/h3-14,24-25,27H,15-17,19-20H2,1-2H3,(H,34,40)(H,35,38)(H,36,41)(H,37,39);4H,2-3H2,1H3. The number of carbonyl (C=O) groups excluding carboxylic acids is 4. The highest BCUT2D eigenvalue weighted by atomic mass is 16.5. The Kier molecular flexibility index (Phi) is 11.7. The van der Waals surface area contributed by atoms with Crippen molar-refractivity contribution in [2.24, 2.45) is 11.8 Å². The van der Waals surface area contributed by atoms with Crippen molar-refractivity contribution in [3.05, 3.63) is 83.9 Å². The predicted octanol–water partition coefficient (Wildman–Crippen LogP) is 4.52. The van der Waals surface area contributed by atoms with Gasteiger partial charge in [0.05, 0.1) is 12.6 Å². The van der Waals surface area contributed by atoms with Gasteiger partial charge in [-0.3, -0.25) is 14.4 Å². The average molecular weight is 626 g/mol. The molecule has 10 nitrogen and oxygen atoms in total. The summed E-state index contributed by atoms with van der Waals surface area (Å²) in [6.45, 7) is 5.71. The fraction of sp³-hybridized carbons (Fsp3) is 0.417. The molecule has 46 heavy (non-hydrogen) atoms. The molecule has 1 saturated heterocycles. The van der Waals surface area contributed by atoms with E-state index < -0.39 is 42.5 Å². The van der Waals surface area contributed by atoms with Crippen LogP contribution < -0.4 is 21.3 Å². The van der Waals surface area contributed by atoms with Crippen molar-refractivity contribution in [1.29, 1.82) is 5.26 Å². The lowest BCUT2D eigenvalue weighted by Gasteiger charge is -2.20. The zero-order valence-electron chi connectivity index (χ0n) is 26.7. The maximum absolute atomic E-state index is 13.3. The highest BCUT2D eigenvalue weighted by Gasteiger charge is 2.38. The lowest BCUT2D eigenvalue weighted by molar-refractivity contribution is -0.127. The number of rotatable bonds is 11. The molecule has 0 radical (unpaired) electrons. The van der Waals surface area contributed by atoms with Gasteiger partial charge in [-0.05, 0) is 54.5 Å². The van der Waals surface area contributed by atoms with E-state index in [9.17, 15) is 24.4 Å². The number of hydrogen-bond donors (Lipinski definition) is 4. The van der Waals surface area contributed by atoms with E-state index in [0.29, 0.717) is 6.42 Å². The molecular formula is C36H43N5O5. The molecule has 1 aliphatic carbocycles. The van der Waals surface area contributed by atoms with E-state index in [1.165, 1.54) is 12.8 Å². The minimum absolute atomic E-state index is 0.0312. The van der Waals surface area contributed by atoms with Crippen LogP contribution in [-0.2, 0) is 32.1 Å². The highest BCUT2D eigenvalue weighted by molar-refractivity contribution is 5.91. The van der Waals surface area contributed by atoms with E-state index >= 15 is 0 Å². The van der Waals surface area contributed by atoms with Crippen LogP contribution in [0.4, 0.5) is 4.79 Å². The minimum atomic E-state index is -1.04. The molecule has 10 heteroatoms. The molecule has 3 atom stereocenters. The van der Waals surface area contributed by atoms with Gasteiger partial charge in [0, 0.05) is 17.9 Å². The Morgan fingerprint density at radius 3 is 2.33 bits per heavy atom. The fourth-order valence-corrected chi connectivity index (χ4v) is 5.32. The first-order valence-electron chi connectivity index (χ1n) is 15.8. The molecule has 1 aliphatic heterocycles. The van der Waals surface area contributed by atoms with Gasteiger partial charge in [0.1, 0.15) is 18.7 Å². The third-order valence-electron chi connectivity index (χ3n) is 8.01. The topological polar surface area (TPSA) is 149 Å². The molecule has 1 saturated carbocycles. The molecule has 0 bridgehead atoms. The minimum Gasteiger partial charge on any atom is -0.445 e. The third-order valence-corrected chi connectivity index (χ3v) is 8.01. The van der Waals surface area contributed by atoms with Crippen molar-refractivity contribution in [3.8, 4) is 6.07 Å². The zero-order valence-corrected chi connectivity index (χ0v) is 26.7. The molecular weight excluding hydrogens is 582 g/mol. The highest BCUT2D eigenvalue weighted by Crippen LogP contribution is 2.28. The maximum atomic E-state index is 13.3. The van der Waals surface area contributed by atoms with Crippen LogP contribution in [0.2, 0.25) is 0 Å². The van der Waals surface area contributed by atoms with Gasteiger partial charge in [-0.1, -0.05) is 92.6 Å². The second kappa shape index (κ2) is 15.9. The summed E-state index contributed by atoms with van der Waals surface area (Å²) in [7, 11) is 0. The molecule has 3 aromatic carbocycles. The van der Waals surface area contributed by atoms with E-state index in [-0.39, 0.29) is 30.9 Å². The van der Waals surface area contributed by atoms with Crippen molar-refractivity contribution in [3.63, 3.8) is 0 Å². The Bertz CT molecular complexity index is 1560. The van der Waals surface area contributed by atoms with Crippen LogP contribution in [0.1, 0.15) is 57.6 Å². The summed E-state index contributed by atoms with van der Waals surface area (Å²) >= 11 is 0. The number of ether oxygens (including phenoxy) is 1. The van der Waals surface area contributed by atoms with Gasteiger partial charge >= 0.3 is 6.09 Å². The van der Waals surface area contributed by atoms with Crippen LogP contribution in [0, 0.1) is 23.2 Å².